The number of rotatable bonds is 42. The van der Waals surface area contributed by atoms with E-state index < -0.39 is 62.9 Å². The van der Waals surface area contributed by atoms with Gasteiger partial charge in [-0.05, 0) is 19.3 Å². The fraction of sp³-hybridized carbons (Fsp3) is 0.938. The summed E-state index contributed by atoms with van der Waals surface area (Å²) in [7, 11) is -5.20. The molecule has 0 bridgehead atoms. The number of hydrogen-bond acceptors (Lipinski definition) is 9. The summed E-state index contributed by atoms with van der Waals surface area (Å²) in [5.74, 6) is -1.63. The highest BCUT2D eigenvalue weighted by Crippen LogP contribution is 2.42. The zero-order chi connectivity index (χ0) is 44.8. The summed E-state index contributed by atoms with van der Waals surface area (Å²) >= 11 is 0. The van der Waals surface area contributed by atoms with Gasteiger partial charge in [0.05, 0.1) is 6.61 Å². The lowest BCUT2D eigenvalue weighted by molar-refractivity contribution is -0.264. The predicted octanol–water partition coefficient (Wildman–Crippen LogP) is 12.2. The quantitative estimate of drug-likeness (QED) is 0.0260. The Morgan fingerprint density at radius 2 is 0.820 bits per heavy atom. The summed E-state index contributed by atoms with van der Waals surface area (Å²) in [5, 5.41) is 13.1. The number of phosphoric ester groups is 1. The normalized spacial score (nSPS) is 19.2. The first-order valence-electron chi connectivity index (χ1n) is 25.2. The molecule has 0 saturated carbocycles. The zero-order valence-corrected chi connectivity index (χ0v) is 40.0. The number of phosphoric acid groups is 1. The summed E-state index contributed by atoms with van der Waals surface area (Å²) in [6.07, 6.45) is 31.0. The van der Waals surface area contributed by atoms with Gasteiger partial charge in [-0.1, -0.05) is 213 Å². The number of carbonyl (C=O) groups is 3. The molecule has 1 aliphatic heterocycles. The summed E-state index contributed by atoms with van der Waals surface area (Å²) in [4.78, 5) is 59.8. The number of aliphatic hydroxyl groups excluding tert-OH is 1. The van der Waals surface area contributed by atoms with Crippen molar-refractivity contribution < 1.29 is 52.6 Å². The van der Waals surface area contributed by atoms with Crippen molar-refractivity contribution in [2.45, 2.75) is 283 Å². The number of carbonyl (C=O) groups excluding carboxylic acids is 3. The molecule has 0 aromatic rings. The van der Waals surface area contributed by atoms with Gasteiger partial charge in [-0.25, -0.2) is 4.57 Å². The number of hydrogen-bond donors (Lipinski definition) is 4. The lowest BCUT2D eigenvalue weighted by Gasteiger charge is -2.44. The first-order chi connectivity index (χ1) is 29.6. The van der Waals surface area contributed by atoms with E-state index in [1.807, 2.05) is 0 Å². The maximum Gasteiger partial charge on any atom is 0.470 e. The molecule has 1 saturated heterocycles. The molecule has 0 aliphatic carbocycles. The van der Waals surface area contributed by atoms with Gasteiger partial charge in [0.1, 0.15) is 18.2 Å². The first-order valence-corrected chi connectivity index (χ1v) is 26.8. The second-order valence-corrected chi connectivity index (χ2v) is 18.9. The van der Waals surface area contributed by atoms with Crippen LogP contribution in [0.1, 0.15) is 252 Å². The molecule has 0 spiro atoms. The van der Waals surface area contributed by atoms with Crippen molar-refractivity contribution in [3.63, 3.8) is 0 Å². The molecule has 1 aliphatic rings. The smallest absolute Gasteiger partial charge is 0.457 e. The first kappa shape index (κ1) is 57.5. The Balaban J connectivity index is 2.91. The van der Waals surface area contributed by atoms with Crippen LogP contribution in [0.3, 0.4) is 0 Å². The minimum atomic E-state index is -5.20. The summed E-state index contributed by atoms with van der Waals surface area (Å²) in [6.45, 7) is 5.88. The van der Waals surface area contributed by atoms with Gasteiger partial charge in [0.15, 0.2) is 6.10 Å². The molecule has 4 N–H and O–H groups in total. The molecule has 1 rings (SSSR count). The Morgan fingerprint density at radius 1 is 0.492 bits per heavy atom. The molecule has 1 heterocycles. The van der Waals surface area contributed by atoms with E-state index in [-0.39, 0.29) is 19.3 Å². The molecule has 61 heavy (non-hydrogen) atoms. The average Bonchev–Trinajstić information content (AvgIpc) is 3.22. The molecule has 0 aromatic heterocycles. The number of ether oxygens (including phenoxy) is 3. The van der Waals surface area contributed by atoms with Crippen LogP contribution in [0.25, 0.3) is 0 Å². The largest absolute Gasteiger partial charge is 0.470 e. The number of amides is 1. The molecule has 1 amide bonds. The molecule has 360 valence electrons. The van der Waals surface area contributed by atoms with Crippen LogP contribution in [0.4, 0.5) is 0 Å². The number of nitrogens with one attached hydrogen (secondary N) is 1. The fourth-order valence-electron chi connectivity index (χ4n) is 8.20. The van der Waals surface area contributed by atoms with Crippen LogP contribution in [0, 0.1) is 0 Å². The van der Waals surface area contributed by atoms with E-state index in [0.29, 0.717) is 19.3 Å². The van der Waals surface area contributed by atoms with Crippen LogP contribution in [0.2, 0.25) is 0 Å². The Bertz CT molecular complexity index is 1120. The van der Waals surface area contributed by atoms with Crippen molar-refractivity contribution in [2.75, 3.05) is 6.61 Å². The molecule has 12 nitrogen and oxygen atoms in total. The third-order valence-electron chi connectivity index (χ3n) is 11.9. The van der Waals surface area contributed by atoms with Crippen molar-refractivity contribution >= 4 is 25.7 Å². The van der Waals surface area contributed by atoms with Crippen molar-refractivity contribution in [3.05, 3.63) is 0 Å². The second kappa shape index (κ2) is 38.9. The van der Waals surface area contributed by atoms with Gasteiger partial charge in [-0.3, -0.25) is 18.9 Å². The van der Waals surface area contributed by atoms with Gasteiger partial charge in [-0.2, -0.15) is 0 Å². The number of esters is 2. The standard InChI is InChI=1S/C48H92NO11P/c1-4-7-10-13-16-19-22-25-28-31-34-37-42(51)49-45-47(58-43(52)38-35-32-29-26-23-20-17-14-11-8-5-2)46(60-61(54,55)56)41(40-50)57-48(45)59-44(53)39-36-33-30-27-24-21-18-15-12-9-6-3/h41,45-48,50H,4-40H2,1-3H3,(H,49,51)(H2,54,55,56)/t41-,45-,46-,47-,48-/m1/s1. The topological polar surface area (TPSA) is 178 Å². The third-order valence-corrected chi connectivity index (χ3v) is 12.4. The Morgan fingerprint density at radius 3 is 1.16 bits per heavy atom. The summed E-state index contributed by atoms with van der Waals surface area (Å²) < 4.78 is 34.9. The lowest BCUT2D eigenvalue weighted by atomic mass is 9.96. The van der Waals surface area contributed by atoms with E-state index in [0.717, 1.165) is 64.2 Å². The van der Waals surface area contributed by atoms with E-state index >= 15 is 0 Å². The molecular formula is C48H92NO11P. The SMILES string of the molecule is CCCCCCCCCCCCCC(=O)N[C@H]1[C@@H](OC(=O)CCCCCCCCCCCCC)O[C@H](CO)[C@@H](OP(=O)(O)O)[C@@H]1OC(=O)CCCCCCCCCCCCC. The lowest BCUT2D eigenvalue weighted by Crippen LogP contribution is -2.66. The molecule has 1 fully saturated rings. The van der Waals surface area contributed by atoms with Gasteiger partial charge in [0, 0.05) is 19.3 Å². The Kier molecular flexibility index (Phi) is 36.6. The molecule has 0 aromatic carbocycles. The molecule has 0 unspecified atom stereocenters. The molecule has 13 heteroatoms. The van der Waals surface area contributed by atoms with Crippen LogP contribution >= 0.6 is 7.82 Å². The number of aliphatic hydroxyl groups is 1. The maximum atomic E-state index is 13.5. The van der Waals surface area contributed by atoms with Gasteiger partial charge in [-0.15, -0.1) is 0 Å². The predicted molar refractivity (Wildman–Crippen MR) is 244 cm³/mol. The van der Waals surface area contributed by atoms with Crippen LogP contribution in [-0.2, 0) is 37.7 Å². The fourth-order valence-corrected chi connectivity index (χ4v) is 8.78. The summed E-state index contributed by atoms with van der Waals surface area (Å²) in [6, 6.07) is -1.33. The molecule has 0 radical (unpaired) electrons. The number of unbranched alkanes of at least 4 members (excludes halogenated alkanes) is 30. The van der Waals surface area contributed by atoms with Crippen LogP contribution in [0.5, 0.6) is 0 Å². The van der Waals surface area contributed by atoms with Crippen molar-refractivity contribution in [1.82, 2.24) is 5.32 Å². The summed E-state index contributed by atoms with van der Waals surface area (Å²) in [5.41, 5.74) is 0. The van der Waals surface area contributed by atoms with Crippen molar-refractivity contribution in [3.8, 4) is 0 Å². The highest BCUT2D eigenvalue weighted by molar-refractivity contribution is 7.46. The third kappa shape index (κ3) is 31.9. The van der Waals surface area contributed by atoms with Crippen molar-refractivity contribution in [1.29, 1.82) is 0 Å². The molecular weight excluding hydrogens is 797 g/mol. The van der Waals surface area contributed by atoms with E-state index in [2.05, 4.69) is 26.1 Å². The highest BCUT2D eigenvalue weighted by Gasteiger charge is 2.52. The van der Waals surface area contributed by atoms with Crippen LogP contribution < -0.4 is 5.32 Å². The van der Waals surface area contributed by atoms with E-state index in [9.17, 15) is 33.8 Å². The Hall–Kier alpha value is -1.56. The van der Waals surface area contributed by atoms with Crippen molar-refractivity contribution in [2.24, 2.45) is 0 Å². The van der Waals surface area contributed by atoms with Gasteiger partial charge < -0.3 is 34.4 Å². The van der Waals surface area contributed by atoms with Gasteiger partial charge in [0.25, 0.3) is 0 Å². The minimum absolute atomic E-state index is 0.0452. The zero-order valence-electron chi connectivity index (χ0n) is 39.1. The highest BCUT2D eigenvalue weighted by atomic mass is 31.2. The monoisotopic (exact) mass is 890 g/mol. The van der Waals surface area contributed by atoms with E-state index in [1.54, 1.807) is 0 Å². The maximum absolute atomic E-state index is 13.5. The van der Waals surface area contributed by atoms with E-state index in [4.69, 9.17) is 18.7 Å². The average molecular weight is 890 g/mol. The molecule has 5 atom stereocenters. The van der Waals surface area contributed by atoms with Crippen LogP contribution in [-0.4, -0.2) is 70.0 Å². The van der Waals surface area contributed by atoms with Crippen LogP contribution in [0.15, 0.2) is 0 Å². The Labute approximate surface area is 371 Å². The van der Waals surface area contributed by atoms with Gasteiger partial charge in [0.2, 0.25) is 12.2 Å². The van der Waals surface area contributed by atoms with Gasteiger partial charge >= 0.3 is 19.8 Å². The second-order valence-electron chi connectivity index (χ2n) is 17.7. The van der Waals surface area contributed by atoms with E-state index in [1.165, 1.54) is 128 Å². The minimum Gasteiger partial charge on any atom is -0.457 e.